The van der Waals surface area contributed by atoms with Crippen molar-refractivity contribution in [3.05, 3.63) is 22.1 Å². The molecule has 3 heterocycles. The van der Waals surface area contributed by atoms with E-state index in [1.165, 1.54) is 13.3 Å². The molecule has 0 aliphatic carbocycles. The van der Waals surface area contributed by atoms with Gasteiger partial charge in [0.25, 0.3) is 0 Å². The van der Waals surface area contributed by atoms with Crippen molar-refractivity contribution in [1.82, 2.24) is 14.5 Å². The molecule has 0 aromatic carbocycles. The minimum atomic E-state index is -1.59. The topological polar surface area (TPSA) is 101 Å². The number of fused-ring (bicyclic) bond motifs is 1. The zero-order valence-electron chi connectivity index (χ0n) is 10.9. The van der Waals surface area contributed by atoms with Gasteiger partial charge >= 0.3 is 0 Å². The summed E-state index contributed by atoms with van der Waals surface area (Å²) in [7, 11) is 0. The second kappa shape index (κ2) is 5.15. The lowest BCUT2D eigenvalue weighted by Gasteiger charge is -2.27. The summed E-state index contributed by atoms with van der Waals surface area (Å²) >= 11 is 9.42. The van der Waals surface area contributed by atoms with Gasteiger partial charge in [0.05, 0.1) is 12.0 Å². The van der Waals surface area contributed by atoms with Crippen molar-refractivity contribution in [3.63, 3.8) is 0 Å². The quantitative estimate of drug-likeness (QED) is 0.670. The summed E-state index contributed by atoms with van der Waals surface area (Å²) in [6.45, 7) is 1.05. The highest BCUT2D eigenvalue weighted by Gasteiger charge is 2.53. The molecule has 2 aromatic rings. The summed E-state index contributed by atoms with van der Waals surface area (Å²) in [6.07, 6.45) is -0.0578. The average molecular weight is 379 g/mol. The van der Waals surface area contributed by atoms with Crippen LogP contribution in [0, 0.1) is 0 Å². The van der Waals surface area contributed by atoms with Gasteiger partial charge in [-0.15, -0.1) is 0 Å². The van der Waals surface area contributed by atoms with Gasteiger partial charge in [-0.2, -0.15) is 0 Å². The van der Waals surface area contributed by atoms with Crippen molar-refractivity contribution in [2.45, 2.75) is 31.0 Å². The molecule has 3 rings (SSSR count). The van der Waals surface area contributed by atoms with Crippen molar-refractivity contribution in [1.29, 1.82) is 0 Å². The third-order valence-electron chi connectivity index (χ3n) is 3.70. The highest BCUT2D eigenvalue weighted by molar-refractivity contribution is 9.10. The van der Waals surface area contributed by atoms with Gasteiger partial charge in [-0.05, 0) is 22.9 Å². The maximum Gasteiger partial charge on any atom is 0.167 e. The van der Waals surface area contributed by atoms with Crippen LogP contribution in [0.15, 0.2) is 17.0 Å². The number of aromatic nitrogens is 3. The lowest BCUT2D eigenvalue weighted by atomic mass is 9.96. The van der Waals surface area contributed by atoms with E-state index in [-0.39, 0.29) is 5.15 Å². The monoisotopic (exact) mass is 377 g/mol. The minimum absolute atomic E-state index is 0.266. The van der Waals surface area contributed by atoms with Crippen LogP contribution in [-0.2, 0) is 4.74 Å². The Hall–Kier alpha value is -0.770. The normalized spacial score (nSPS) is 33.0. The predicted molar refractivity (Wildman–Crippen MR) is 77.9 cm³/mol. The molecule has 21 heavy (non-hydrogen) atoms. The third-order valence-corrected chi connectivity index (χ3v) is 4.59. The molecule has 0 radical (unpaired) electrons. The first-order valence-electron chi connectivity index (χ1n) is 6.21. The van der Waals surface area contributed by atoms with Crippen molar-refractivity contribution >= 4 is 38.6 Å². The van der Waals surface area contributed by atoms with E-state index in [1.807, 2.05) is 0 Å². The first-order chi connectivity index (χ1) is 9.87. The summed E-state index contributed by atoms with van der Waals surface area (Å²) in [6, 6.07) is 0. The highest BCUT2D eigenvalue weighted by Crippen LogP contribution is 2.41. The molecule has 0 saturated carbocycles. The van der Waals surface area contributed by atoms with Crippen molar-refractivity contribution in [2.24, 2.45) is 0 Å². The molecular formula is C12H13BrClN3O4. The number of nitrogens with zero attached hydrogens (tertiary/aromatic N) is 3. The van der Waals surface area contributed by atoms with Crippen LogP contribution in [0.1, 0.15) is 13.2 Å². The fourth-order valence-electron chi connectivity index (χ4n) is 2.57. The Bertz CT molecular complexity index is 692. The molecule has 114 valence electrons. The Morgan fingerprint density at radius 1 is 1.52 bits per heavy atom. The van der Waals surface area contributed by atoms with Gasteiger partial charge in [0, 0.05) is 10.7 Å². The Morgan fingerprint density at radius 2 is 2.24 bits per heavy atom. The van der Waals surface area contributed by atoms with Crippen molar-refractivity contribution in [2.75, 3.05) is 6.61 Å². The summed E-state index contributed by atoms with van der Waals surface area (Å²) in [5, 5.41) is 30.7. The van der Waals surface area contributed by atoms with Gasteiger partial charge < -0.3 is 24.6 Å². The fourth-order valence-corrected chi connectivity index (χ4v) is 3.50. The van der Waals surface area contributed by atoms with E-state index in [0.717, 1.165) is 0 Å². The van der Waals surface area contributed by atoms with Gasteiger partial charge in [-0.1, -0.05) is 11.6 Å². The van der Waals surface area contributed by atoms with E-state index in [4.69, 9.17) is 16.3 Å². The Kier molecular flexibility index (Phi) is 3.71. The van der Waals surface area contributed by atoms with E-state index >= 15 is 0 Å². The molecule has 1 saturated heterocycles. The summed E-state index contributed by atoms with van der Waals surface area (Å²) in [5.74, 6) is 0. The van der Waals surface area contributed by atoms with Crippen LogP contribution in [-0.4, -0.2) is 54.3 Å². The zero-order valence-corrected chi connectivity index (χ0v) is 13.3. The second-order valence-electron chi connectivity index (χ2n) is 5.13. The van der Waals surface area contributed by atoms with Crippen LogP contribution in [0.3, 0.4) is 0 Å². The highest BCUT2D eigenvalue weighted by atomic mass is 79.9. The lowest BCUT2D eigenvalue weighted by Crippen LogP contribution is -2.44. The SMILES string of the molecule is CC1(O)[C@H](O)[C@@H](CO)O[C@H]1n1cc(Br)c2c(Cl)ncnc21. The number of hydrogen-bond donors (Lipinski definition) is 3. The van der Waals surface area contributed by atoms with Gasteiger partial charge in [-0.25, -0.2) is 9.97 Å². The molecule has 0 bridgehead atoms. The van der Waals surface area contributed by atoms with E-state index in [2.05, 4.69) is 25.9 Å². The molecular weight excluding hydrogens is 366 g/mol. The van der Waals surface area contributed by atoms with E-state index in [1.54, 1.807) is 10.8 Å². The molecule has 7 nitrogen and oxygen atoms in total. The number of halogens is 2. The van der Waals surface area contributed by atoms with Gasteiger partial charge in [0.15, 0.2) is 6.23 Å². The molecule has 3 N–H and O–H groups in total. The van der Waals surface area contributed by atoms with E-state index < -0.39 is 30.6 Å². The molecule has 2 aromatic heterocycles. The fraction of sp³-hybridized carbons (Fsp3) is 0.500. The number of aliphatic hydroxyl groups is 3. The van der Waals surface area contributed by atoms with Crippen LogP contribution >= 0.6 is 27.5 Å². The number of aliphatic hydroxyl groups excluding tert-OH is 2. The molecule has 9 heteroatoms. The summed E-state index contributed by atoms with van der Waals surface area (Å²) in [4.78, 5) is 8.06. The van der Waals surface area contributed by atoms with E-state index in [0.29, 0.717) is 15.5 Å². The molecule has 1 unspecified atom stereocenters. The van der Waals surface area contributed by atoms with Crippen molar-refractivity contribution < 1.29 is 20.1 Å². The first kappa shape index (κ1) is 15.1. The van der Waals surface area contributed by atoms with Crippen LogP contribution in [0.2, 0.25) is 5.15 Å². The van der Waals surface area contributed by atoms with Gasteiger partial charge in [-0.3, -0.25) is 0 Å². The van der Waals surface area contributed by atoms with Crippen molar-refractivity contribution in [3.8, 4) is 0 Å². The standard InChI is InChI=1S/C12H13BrClN3O4/c1-12(20)8(19)6(3-18)21-11(12)17-2-5(13)7-9(14)15-4-16-10(7)17/h2,4,6,8,11,18-20H,3H2,1H3/t6-,8-,11-,12?/m1/s1. The lowest BCUT2D eigenvalue weighted by molar-refractivity contribution is -0.0948. The van der Waals surface area contributed by atoms with Crippen LogP contribution < -0.4 is 0 Å². The zero-order chi connectivity index (χ0) is 15.4. The molecule has 1 aliphatic heterocycles. The smallest absolute Gasteiger partial charge is 0.167 e. The van der Waals surface area contributed by atoms with E-state index in [9.17, 15) is 15.3 Å². The summed E-state index contributed by atoms with van der Waals surface area (Å²) < 4.78 is 7.78. The number of ether oxygens (including phenoxy) is 1. The second-order valence-corrected chi connectivity index (χ2v) is 6.34. The molecule has 0 amide bonds. The molecule has 4 atom stereocenters. The summed E-state index contributed by atoms with van der Waals surface area (Å²) in [5.41, 5.74) is -1.13. The Morgan fingerprint density at radius 3 is 2.86 bits per heavy atom. The number of hydrogen-bond acceptors (Lipinski definition) is 6. The maximum atomic E-state index is 10.5. The largest absolute Gasteiger partial charge is 0.394 e. The molecule has 0 spiro atoms. The Balaban J connectivity index is 2.15. The van der Waals surface area contributed by atoms with Gasteiger partial charge in [0.2, 0.25) is 0 Å². The Labute approximate surface area is 133 Å². The minimum Gasteiger partial charge on any atom is -0.394 e. The van der Waals surface area contributed by atoms with Gasteiger partial charge in [0.1, 0.15) is 34.9 Å². The predicted octanol–water partition coefficient (Wildman–Crippen LogP) is 0.849. The molecule has 1 fully saturated rings. The van der Waals surface area contributed by atoms with Crippen LogP contribution in [0.25, 0.3) is 11.0 Å². The van der Waals surface area contributed by atoms with Crippen LogP contribution in [0.5, 0.6) is 0 Å². The first-order valence-corrected chi connectivity index (χ1v) is 7.38. The third kappa shape index (κ3) is 2.18. The number of rotatable bonds is 2. The average Bonchev–Trinajstić information content (AvgIpc) is 2.87. The maximum absolute atomic E-state index is 10.5. The van der Waals surface area contributed by atoms with Crippen LogP contribution in [0.4, 0.5) is 0 Å². The molecule has 1 aliphatic rings.